The van der Waals surface area contributed by atoms with Crippen molar-refractivity contribution in [2.24, 2.45) is 0 Å². The summed E-state index contributed by atoms with van der Waals surface area (Å²) < 4.78 is 54.9. The maximum atomic E-state index is 13.0. The standard InChI is InChI=1S/C19H19F3N2O4/c1-26-16-4-3-5-17(27-2)18(16)28-11-14(25)10-24-13-7-6-12(9-23)15(8-13)19(20,21)22/h3-8,14,24-25H,10-11H2,1-2H3. The Morgan fingerprint density at radius 2 is 1.79 bits per heavy atom. The average molecular weight is 396 g/mol. The molecule has 0 spiro atoms. The van der Waals surface area contributed by atoms with Gasteiger partial charge in [-0.3, -0.25) is 0 Å². The molecule has 150 valence electrons. The molecule has 28 heavy (non-hydrogen) atoms. The maximum Gasteiger partial charge on any atom is 0.417 e. The second-order valence-corrected chi connectivity index (χ2v) is 5.71. The van der Waals surface area contributed by atoms with Gasteiger partial charge in [-0.05, 0) is 30.3 Å². The van der Waals surface area contributed by atoms with Gasteiger partial charge < -0.3 is 24.6 Å². The van der Waals surface area contributed by atoms with E-state index in [0.717, 1.165) is 12.1 Å². The summed E-state index contributed by atoms with van der Waals surface area (Å²) in [6, 6.07) is 9.80. The van der Waals surface area contributed by atoms with Crippen LogP contribution in [0.1, 0.15) is 11.1 Å². The number of halogens is 3. The van der Waals surface area contributed by atoms with Crippen molar-refractivity contribution in [3.8, 4) is 23.3 Å². The lowest BCUT2D eigenvalue weighted by molar-refractivity contribution is -0.137. The number of alkyl halides is 3. The van der Waals surface area contributed by atoms with Crippen LogP contribution >= 0.6 is 0 Å². The van der Waals surface area contributed by atoms with E-state index in [4.69, 9.17) is 19.5 Å². The molecule has 2 rings (SSSR count). The van der Waals surface area contributed by atoms with E-state index in [1.165, 1.54) is 26.4 Å². The first-order valence-corrected chi connectivity index (χ1v) is 8.17. The number of methoxy groups -OCH3 is 2. The molecular weight excluding hydrogens is 377 g/mol. The molecule has 0 amide bonds. The summed E-state index contributed by atoms with van der Waals surface area (Å²) >= 11 is 0. The molecule has 0 saturated carbocycles. The van der Waals surface area contributed by atoms with Gasteiger partial charge in [-0.15, -0.1) is 0 Å². The number of anilines is 1. The van der Waals surface area contributed by atoms with Crippen LogP contribution in [-0.4, -0.2) is 38.6 Å². The molecule has 0 aliphatic rings. The van der Waals surface area contributed by atoms with Crippen LogP contribution in [-0.2, 0) is 6.18 Å². The Hall–Kier alpha value is -3.12. The summed E-state index contributed by atoms with van der Waals surface area (Å²) in [6.07, 6.45) is -5.68. The molecule has 2 N–H and O–H groups in total. The van der Waals surface area contributed by atoms with Crippen molar-refractivity contribution in [1.29, 1.82) is 5.26 Å². The van der Waals surface area contributed by atoms with Crippen molar-refractivity contribution >= 4 is 5.69 Å². The highest BCUT2D eigenvalue weighted by Gasteiger charge is 2.33. The molecule has 0 aliphatic heterocycles. The Labute approximate surface area is 160 Å². The van der Waals surface area contributed by atoms with Crippen molar-refractivity contribution in [2.75, 3.05) is 32.7 Å². The highest BCUT2D eigenvalue weighted by molar-refractivity contribution is 5.53. The van der Waals surface area contributed by atoms with Crippen LogP contribution in [0.5, 0.6) is 17.2 Å². The fourth-order valence-corrected chi connectivity index (χ4v) is 2.42. The molecule has 0 saturated heterocycles. The van der Waals surface area contributed by atoms with Gasteiger partial charge in [0.25, 0.3) is 0 Å². The molecule has 9 heteroatoms. The summed E-state index contributed by atoms with van der Waals surface area (Å²) in [5, 5.41) is 21.6. The summed E-state index contributed by atoms with van der Waals surface area (Å²) in [7, 11) is 2.92. The molecule has 1 atom stereocenters. The minimum absolute atomic E-state index is 0.0688. The zero-order valence-corrected chi connectivity index (χ0v) is 15.2. The highest BCUT2D eigenvalue weighted by atomic mass is 19.4. The van der Waals surface area contributed by atoms with Crippen LogP contribution in [0, 0.1) is 11.3 Å². The second kappa shape index (κ2) is 9.19. The van der Waals surface area contributed by atoms with Crippen molar-refractivity contribution in [3.63, 3.8) is 0 Å². The number of aliphatic hydroxyl groups excluding tert-OH is 1. The molecule has 1 unspecified atom stereocenters. The van der Waals surface area contributed by atoms with Crippen molar-refractivity contribution in [3.05, 3.63) is 47.5 Å². The monoisotopic (exact) mass is 396 g/mol. The van der Waals surface area contributed by atoms with Gasteiger partial charge in [0.2, 0.25) is 5.75 Å². The van der Waals surface area contributed by atoms with Crippen LogP contribution in [0.2, 0.25) is 0 Å². The number of benzene rings is 2. The van der Waals surface area contributed by atoms with Gasteiger partial charge in [0.1, 0.15) is 12.7 Å². The van der Waals surface area contributed by atoms with Gasteiger partial charge in [0.05, 0.1) is 31.4 Å². The number of para-hydroxylation sites is 1. The van der Waals surface area contributed by atoms with E-state index in [0.29, 0.717) is 17.2 Å². The maximum absolute atomic E-state index is 13.0. The lowest BCUT2D eigenvalue weighted by Gasteiger charge is -2.18. The second-order valence-electron chi connectivity index (χ2n) is 5.71. The van der Waals surface area contributed by atoms with E-state index >= 15 is 0 Å². The quantitative estimate of drug-likeness (QED) is 0.711. The lowest BCUT2D eigenvalue weighted by Crippen LogP contribution is -2.26. The Kier molecular flexibility index (Phi) is 6.95. The number of nitrogens with one attached hydrogen (secondary N) is 1. The minimum atomic E-state index is -4.65. The van der Waals surface area contributed by atoms with Crippen LogP contribution in [0.15, 0.2) is 36.4 Å². The van der Waals surface area contributed by atoms with Gasteiger partial charge in [-0.2, -0.15) is 18.4 Å². The first-order valence-electron chi connectivity index (χ1n) is 8.17. The zero-order chi connectivity index (χ0) is 20.7. The van der Waals surface area contributed by atoms with Crippen LogP contribution in [0.25, 0.3) is 0 Å². The summed E-state index contributed by atoms with van der Waals surface area (Å²) in [5.41, 5.74) is -1.38. The van der Waals surface area contributed by atoms with Gasteiger partial charge in [-0.25, -0.2) is 0 Å². The third kappa shape index (κ3) is 5.20. The fourth-order valence-electron chi connectivity index (χ4n) is 2.42. The number of rotatable bonds is 8. The van der Waals surface area contributed by atoms with Gasteiger partial charge in [-0.1, -0.05) is 6.07 Å². The van der Waals surface area contributed by atoms with E-state index in [1.807, 2.05) is 0 Å². The SMILES string of the molecule is COc1cccc(OC)c1OCC(O)CNc1ccc(C#N)c(C(F)(F)F)c1. The summed E-state index contributed by atoms with van der Waals surface area (Å²) in [4.78, 5) is 0. The molecule has 0 bridgehead atoms. The van der Waals surface area contributed by atoms with E-state index in [2.05, 4.69) is 5.32 Å². The minimum Gasteiger partial charge on any atom is -0.493 e. The zero-order valence-electron chi connectivity index (χ0n) is 15.2. The Morgan fingerprint density at radius 3 is 2.32 bits per heavy atom. The molecule has 6 nitrogen and oxygen atoms in total. The summed E-state index contributed by atoms with van der Waals surface area (Å²) in [5.74, 6) is 1.15. The van der Waals surface area contributed by atoms with Gasteiger partial charge >= 0.3 is 6.18 Å². The molecular formula is C19H19F3N2O4. The first-order chi connectivity index (χ1) is 13.3. The number of nitrogens with zero attached hydrogens (tertiary/aromatic N) is 1. The molecule has 2 aromatic rings. The van der Waals surface area contributed by atoms with Crippen molar-refractivity contribution in [1.82, 2.24) is 0 Å². The van der Waals surface area contributed by atoms with Crippen molar-refractivity contribution < 1.29 is 32.5 Å². The normalized spacial score (nSPS) is 12.0. The first kappa shape index (κ1) is 21.2. The lowest BCUT2D eigenvalue weighted by atomic mass is 10.1. The van der Waals surface area contributed by atoms with E-state index in [9.17, 15) is 18.3 Å². The highest BCUT2D eigenvalue weighted by Crippen LogP contribution is 2.37. The molecule has 0 aliphatic carbocycles. The number of nitriles is 1. The third-order valence-electron chi connectivity index (χ3n) is 3.79. The summed E-state index contributed by atoms with van der Waals surface area (Å²) in [6.45, 7) is -0.215. The van der Waals surface area contributed by atoms with E-state index in [1.54, 1.807) is 18.2 Å². The predicted molar refractivity (Wildman–Crippen MR) is 95.7 cm³/mol. The number of hydrogen-bond donors (Lipinski definition) is 2. The van der Waals surface area contributed by atoms with Crippen LogP contribution in [0.3, 0.4) is 0 Å². The van der Waals surface area contributed by atoms with Crippen LogP contribution in [0.4, 0.5) is 18.9 Å². The molecule has 2 aromatic carbocycles. The predicted octanol–water partition coefficient (Wildman–Crippen LogP) is 3.45. The fraction of sp³-hybridized carbons (Fsp3) is 0.316. The topological polar surface area (TPSA) is 83.7 Å². The number of hydrogen-bond acceptors (Lipinski definition) is 6. The Morgan fingerprint density at radius 1 is 1.14 bits per heavy atom. The Balaban J connectivity index is 2.01. The Bertz CT molecular complexity index is 828. The van der Waals surface area contributed by atoms with E-state index < -0.39 is 23.4 Å². The van der Waals surface area contributed by atoms with Gasteiger partial charge in [0, 0.05) is 12.2 Å². The van der Waals surface area contributed by atoms with Crippen LogP contribution < -0.4 is 19.5 Å². The number of aliphatic hydroxyl groups is 1. The molecule has 0 aromatic heterocycles. The van der Waals surface area contributed by atoms with Gasteiger partial charge in [0.15, 0.2) is 11.5 Å². The third-order valence-corrected chi connectivity index (χ3v) is 3.79. The molecule has 0 fully saturated rings. The number of ether oxygens (including phenoxy) is 3. The largest absolute Gasteiger partial charge is 0.493 e. The van der Waals surface area contributed by atoms with Crippen molar-refractivity contribution in [2.45, 2.75) is 12.3 Å². The smallest absolute Gasteiger partial charge is 0.417 e. The molecule has 0 radical (unpaired) electrons. The average Bonchev–Trinajstić information content (AvgIpc) is 2.69. The molecule has 0 heterocycles. The van der Waals surface area contributed by atoms with E-state index in [-0.39, 0.29) is 18.8 Å².